The van der Waals surface area contributed by atoms with E-state index < -0.39 is 24.1 Å². The lowest BCUT2D eigenvalue weighted by Gasteiger charge is -2.12. The van der Waals surface area contributed by atoms with Crippen molar-refractivity contribution in [2.24, 2.45) is 4.99 Å². The molecule has 1 aromatic carbocycles. The number of rotatable bonds is 4. The second kappa shape index (κ2) is 8.10. The summed E-state index contributed by atoms with van der Waals surface area (Å²) >= 11 is 1.50. The molecule has 8 nitrogen and oxygen atoms in total. The monoisotopic (exact) mass is 477 g/mol. The highest BCUT2D eigenvalue weighted by molar-refractivity contribution is 7.15. The van der Waals surface area contributed by atoms with Crippen LogP contribution in [0.1, 0.15) is 45.7 Å². The van der Waals surface area contributed by atoms with Crippen LogP contribution < -0.4 is 5.32 Å². The Kier molecular flexibility index (Phi) is 5.56. The van der Waals surface area contributed by atoms with Gasteiger partial charge in [0, 0.05) is 21.7 Å². The number of amides is 1. The van der Waals surface area contributed by atoms with Gasteiger partial charge in [-0.25, -0.2) is 0 Å². The van der Waals surface area contributed by atoms with E-state index >= 15 is 0 Å². The predicted molar refractivity (Wildman–Crippen MR) is 115 cm³/mol. The van der Waals surface area contributed by atoms with Crippen molar-refractivity contribution in [3.63, 3.8) is 0 Å². The van der Waals surface area contributed by atoms with Gasteiger partial charge in [-0.2, -0.15) is 13.2 Å². The smallest absolute Gasteiger partial charge is 0.471 e. The van der Waals surface area contributed by atoms with Crippen molar-refractivity contribution in [1.82, 2.24) is 14.8 Å². The summed E-state index contributed by atoms with van der Waals surface area (Å²) in [6, 6.07) is 4.95. The van der Waals surface area contributed by atoms with Gasteiger partial charge in [0.05, 0.1) is 12.1 Å². The Morgan fingerprint density at radius 2 is 1.82 bits per heavy atom. The van der Waals surface area contributed by atoms with Crippen LogP contribution in [0.3, 0.4) is 0 Å². The van der Waals surface area contributed by atoms with Crippen LogP contribution in [0.5, 0.6) is 0 Å². The normalized spacial score (nSPS) is 15.3. The SMILES string of the molecule is Cc1sc2c(c1C)C(c1ccc(NC(=O)C(F)(F)F)cc1)=N[C@@H](CC(=O)O)c1nnc(C)n1-2. The second-order valence-electron chi connectivity index (χ2n) is 7.52. The molecule has 0 spiro atoms. The van der Waals surface area contributed by atoms with E-state index in [1.54, 1.807) is 6.92 Å². The average Bonchev–Trinajstić information content (AvgIpc) is 3.20. The number of anilines is 1. The van der Waals surface area contributed by atoms with Gasteiger partial charge in [-0.15, -0.1) is 21.5 Å². The Morgan fingerprint density at radius 1 is 1.15 bits per heavy atom. The highest BCUT2D eigenvalue weighted by Gasteiger charge is 2.38. The number of aryl methyl sites for hydroxylation is 2. The first kappa shape index (κ1) is 22.6. The number of carbonyl (C=O) groups excluding carboxylic acids is 1. The fraction of sp³-hybridized carbons (Fsp3) is 0.286. The van der Waals surface area contributed by atoms with Gasteiger partial charge in [-0.05, 0) is 38.5 Å². The molecule has 3 heterocycles. The number of aromatic nitrogens is 3. The molecule has 0 fully saturated rings. The number of aliphatic imine (C=N–C) groups is 1. The second-order valence-corrected chi connectivity index (χ2v) is 8.73. The van der Waals surface area contributed by atoms with Gasteiger partial charge in [-0.3, -0.25) is 19.1 Å². The summed E-state index contributed by atoms with van der Waals surface area (Å²) < 4.78 is 39.5. The van der Waals surface area contributed by atoms with Crippen LogP contribution in [0.2, 0.25) is 0 Å². The van der Waals surface area contributed by atoms with Crippen molar-refractivity contribution in [1.29, 1.82) is 0 Å². The molecule has 172 valence electrons. The number of hydrogen-bond acceptors (Lipinski definition) is 6. The largest absolute Gasteiger partial charge is 0.481 e. The molecule has 1 aliphatic rings. The maximum Gasteiger partial charge on any atom is 0.471 e. The van der Waals surface area contributed by atoms with E-state index in [-0.39, 0.29) is 12.1 Å². The van der Waals surface area contributed by atoms with Crippen LogP contribution in [-0.4, -0.2) is 43.6 Å². The molecule has 3 aromatic rings. The third-order valence-electron chi connectivity index (χ3n) is 5.28. The first-order valence-electron chi connectivity index (χ1n) is 9.78. The van der Waals surface area contributed by atoms with Crippen LogP contribution >= 0.6 is 11.3 Å². The number of nitrogens with zero attached hydrogens (tertiary/aromatic N) is 4. The maximum absolute atomic E-state index is 12.6. The number of nitrogens with one attached hydrogen (secondary N) is 1. The molecule has 0 saturated heterocycles. The topological polar surface area (TPSA) is 109 Å². The van der Waals surface area contributed by atoms with E-state index in [0.717, 1.165) is 21.0 Å². The molecular formula is C21H18F3N5O3S. The first-order valence-corrected chi connectivity index (χ1v) is 10.6. The maximum atomic E-state index is 12.6. The minimum Gasteiger partial charge on any atom is -0.481 e. The lowest BCUT2D eigenvalue weighted by molar-refractivity contribution is -0.167. The molecule has 33 heavy (non-hydrogen) atoms. The Bertz CT molecular complexity index is 1290. The predicted octanol–water partition coefficient (Wildman–Crippen LogP) is 4.12. The van der Waals surface area contributed by atoms with Gasteiger partial charge in [-0.1, -0.05) is 12.1 Å². The molecule has 2 N–H and O–H groups in total. The summed E-state index contributed by atoms with van der Waals surface area (Å²) in [7, 11) is 0. The summed E-state index contributed by atoms with van der Waals surface area (Å²) in [5.41, 5.74) is 2.76. The molecule has 0 aliphatic carbocycles. The minimum atomic E-state index is -5.00. The van der Waals surface area contributed by atoms with Crippen molar-refractivity contribution >= 4 is 34.6 Å². The van der Waals surface area contributed by atoms with Gasteiger partial charge < -0.3 is 10.4 Å². The highest BCUT2D eigenvalue weighted by Crippen LogP contribution is 2.39. The minimum absolute atomic E-state index is 0.0243. The van der Waals surface area contributed by atoms with Gasteiger partial charge in [0.15, 0.2) is 5.82 Å². The lowest BCUT2D eigenvalue weighted by atomic mass is 9.99. The Morgan fingerprint density at radius 3 is 2.42 bits per heavy atom. The summed E-state index contributed by atoms with van der Waals surface area (Å²) in [4.78, 5) is 28.5. The molecule has 1 atom stereocenters. The van der Waals surface area contributed by atoms with Gasteiger partial charge in [0.1, 0.15) is 16.9 Å². The van der Waals surface area contributed by atoms with Crippen molar-refractivity contribution in [2.75, 3.05) is 5.32 Å². The van der Waals surface area contributed by atoms with Gasteiger partial charge in [0.25, 0.3) is 0 Å². The van der Waals surface area contributed by atoms with Crippen LogP contribution in [-0.2, 0) is 9.59 Å². The first-order chi connectivity index (χ1) is 15.5. The number of benzene rings is 1. The van der Waals surface area contributed by atoms with E-state index in [0.29, 0.717) is 22.9 Å². The molecule has 0 saturated carbocycles. The Hall–Kier alpha value is -3.54. The van der Waals surface area contributed by atoms with Crippen molar-refractivity contribution in [3.8, 4) is 5.00 Å². The third-order valence-corrected chi connectivity index (χ3v) is 6.47. The number of alkyl halides is 3. The van der Waals surface area contributed by atoms with Crippen molar-refractivity contribution < 1.29 is 27.9 Å². The van der Waals surface area contributed by atoms with E-state index in [4.69, 9.17) is 4.99 Å². The van der Waals surface area contributed by atoms with Crippen LogP contribution in [0.4, 0.5) is 18.9 Å². The van der Waals surface area contributed by atoms with Crippen LogP contribution in [0.15, 0.2) is 29.3 Å². The van der Waals surface area contributed by atoms with Crippen molar-refractivity contribution in [2.45, 2.75) is 39.4 Å². The summed E-state index contributed by atoms with van der Waals surface area (Å²) in [5, 5.41) is 20.3. The molecule has 1 amide bonds. The summed E-state index contributed by atoms with van der Waals surface area (Å²) in [5.74, 6) is -2.13. The zero-order valence-electron chi connectivity index (χ0n) is 17.7. The number of thiophene rings is 1. The van der Waals surface area contributed by atoms with Crippen molar-refractivity contribution in [3.05, 3.63) is 57.5 Å². The number of hydrogen-bond donors (Lipinski definition) is 2. The van der Waals surface area contributed by atoms with E-state index in [1.807, 2.05) is 23.7 Å². The fourth-order valence-corrected chi connectivity index (χ4v) is 4.82. The number of carboxylic acid groups (broad SMARTS) is 1. The molecule has 1 aliphatic heterocycles. The molecule has 0 radical (unpaired) electrons. The highest BCUT2D eigenvalue weighted by atomic mass is 32.1. The van der Waals surface area contributed by atoms with Crippen LogP contribution in [0.25, 0.3) is 5.00 Å². The summed E-state index contributed by atoms with van der Waals surface area (Å²) in [6.07, 6.45) is -5.31. The molecule has 2 aromatic heterocycles. The quantitative estimate of drug-likeness (QED) is 0.588. The fourth-order valence-electron chi connectivity index (χ4n) is 3.60. The third kappa shape index (κ3) is 4.13. The standard InChI is InChI=1S/C21H18F3N5O3S/c1-9-10(2)33-19-16(9)17(12-4-6-13(7-5-12)25-20(32)21(22,23)24)26-14(8-15(30)31)18-28-27-11(3)29(18)19/h4-7,14H,8H2,1-3H3,(H,25,32)(H,30,31)/t14-/m0/s1. The van der Waals surface area contributed by atoms with E-state index in [9.17, 15) is 27.9 Å². The zero-order valence-corrected chi connectivity index (χ0v) is 18.5. The number of fused-ring (bicyclic) bond motifs is 3. The van der Waals surface area contributed by atoms with Crippen LogP contribution in [0, 0.1) is 20.8 Å². The van der Waals surface area contributed by atoms with Gasteiger partial charge >= 0.3 is 18.1 Å². The molecule has 12 heteroatoms. The number of carboxylic acids is 1. The van der Waals surface area contributed by atoms with E-state index in [1.165, 1.54) is 35.6 Å². The Balaban J connectivity index is 1.84. The lowest BCUT2D eigenvalue weighted by Crippen LogP contribution is -2.29. The zero-order chi connectivity index (χ0) is 24.1. The molecule has 0 bridgehead atoms. The molecule has 4 rings (SSSR count). The average molecular weight is 477 g/mol. The number of carbonyl (C=O) groups is 2. The number of aliphatic carboxylic acids is 1. The molecular weight excluding hydrogens is 459 g/mol. The molecule has 0 unspecified atom stereocenters. The van der Waals surface area contributed by atoms with Gasteiger partial charge in [0.2, 0.25) is 0 Å². The van der Waals surface area contributed by atoms with E-state index in [2.05, 4.69) is 10.2 Å². The Labute approximate surface area is 189 Å². The number of halogens is 3. The summed E-state index contributed by atoms with van der Waals surface area (Å²) in [6.45, 7) is 5.65.